The number of morpholine rings is 1. The average molecular weight is 794 g/mol. The first-order chi connectivity index (χ1) is 26.7. The van der Waals surface area contributed by atoms with Crippen molar-refractivity contribution in [2.24, 2.45) is 0 Å². The standard InChI is InChI=1S/C41H46F3N5O6S/c1-24(2)56(52,53)46-39(50)26-12-14-33-35(18-26)47-20-28(16-27-17-31(54-3)13-15-32(27)38(47)36(33)25-8-5-4-6-9-25)37-34(19-45-48(37)23-41(42,43)44)40(51)49-29-10-7-11-30(49)22-55-21-29/h12-19,24-25,29-30H,4-11,20-23H2,1-3H3,(H,46,50). The molecule has 0 spiro atoms. The van der Waals surface area contributed by atoms with E-state index in [2.05, 4.69) is 9.82 Å². The van der Waals surface area contributed by atoms with Gasteiger partial charge in [-0.3, -0.25) is 14.3 Å². The number of allylic oxidation sites excluding steroid dienone is 1. The number of fused-ring (bicyclic) bond motifs is 7. The molecule has 2 atom stereocenters. The van der Waals surface area contributed by atoms with Gasteiger partial charge in [-0.05, 0) is 105 Å². The van der Waals surface area contributed by atoms with E-state index >= 15 is 0 Å². The Morgan fingerprint density at radius 1 is 0.982 bits per heavy atom. The summed E-state index contributed by atoms with van der Waals surface area (Å²) in [6.45, 7) is 2.31. The fraction of sp³-hybridized carbons (Fsp3) is 0.488. The number of carbonyl (C=O) groups excluding carboxylic acids is 2. The Kier molecular flexibility index (Phi) is 10.0. The van der Waals surface area contributed by atoms with Gasteiger partial charge >= 0.3 is 6.18 Å². The summed E-state index contributed by atoms with van der Waals surface area (Å²) in [5, 5.41) is 4.26. The fourth-order valence-electron chi connectivity index (χ4n) is 9.11. The first-order valence-corrected chi connectivity index (χ1v) is 20.9. The van der Waals surface area contributed by atoms with Gasteiger partial charge in [0.1, 0.15) is 12.3 Å². The summed E-state index contributed by atoms with van der Waals surface area (Å²) in [5.74, 6) is -0.450. The Morgan fingerprint density at radius 2 is 1.71 bits per heavy atom. The van der Waals surface area contributed by atoms with Crippen LogP contribution in [0.2, 0.25) is 0 Å². The predicted molar refractivity (Wildman–Crippen MR) is 206 cm³/mol. The number of piperidine rings is 1. The van der Waals surface area contributed by atoms with Crippen LogP contribution in [0.25, 0.3) is 33.8 Å². The number of hydrogen-bond donors (Lipinski definition) is 1. The summed E-state index contributed by atoms with van der Waals surface area (Å²) < 4.78 is 84.9. The number of hydrogen-bond acceptors (Lipinski definition) is 7. The lowest BCUT2D eigenvalue weighted by Gasteiger charge is -2.45. The predicted octanol–water partition coefficient (Wildman–Crippen LogP) is 7.54. The zero-order valence-corrected chi connectivity index (χ0v) is 32.5. The Balaban J connectivity index is 1.36. The van der Waals surface area contributed by atoms with Gasteiger partial charge in [-0.25, -0.2) is 13.1 Å². The van der Waals surface area contributed by atoms with Crippen LogP contribution in [0.4, 0.5) is 13.2 Å². The van der Waals surface area contributed by atoms with Gasteiger partial charge in [-0.15, -0.1) is 0 Å². The maximum atomic E-state index is 14.6. The number of nitrogens with one attached hydrogen (secondary N) is 1. The third kappa shape index (κ3) is 7.01. The van der Waals surface area contributed by atoms with Crippen LogP contribution >= 0.6 is 0 Å². The molecule has 2 saturated heterocycles. The number of rotatable bonds is 8. The SMILES string of the molecule is COc1ccc2c(c1)C=C(c1c(C(=O)N3C4CCCC3COC4)cnn1CC(F)(F)F)Cn1c-2c(C2CCCCC2)c2ccc(C(=O)NS(=O)(=O)C(C)C)cc21. The van der Waals surface area contributed by atoms with Gasteiger partial charge in [0.05, 0.1) is 67.4 Å². The number of methoxy groups -OCH3 is 1. The van der Waals surface area contributed by atoms with E-state index in [0.717, 1.165) is 78.3 Å². The van der Waals surface area contributed by atoms with Crippen molar-refractivity contribution in [3.05, 3.63) is 70.5 Å². The van der Waals surface area contributed by atoms with Crippen molar-refractivity contribution < 1.29 is 40.7 Å². The highest BCUT2D eigenvalue weighted by Gasteiger charge is 2.41. The average Bonchev–Trinajstić information content (AvgIpc) is 3.66. The highest BCUT2D eigenvalue weighted by molar-refractivity contribution is 7.90. The molecule has 298 valence electrons. The van der Waals surface area contributed by atoms with Crippen LogP contribution in [0.3, 0.4) is 0 Å². The fourth-order valence-corrected chi connectivity index (χ4v) is 9.72. The number of halogens is 3. The highest BCUT2D eigenvalue weighted by Crippen LogP contribution is 2.48. The lowest BCUT2D eigenvalue weighted by molar-refractivity contribution is -0.142. The Hall–Kier alpha value is -4.63. The van der Waals surface area contributed by atoms with Crippen molar-refractivity contribution in [1.29, 1.82) is 0 Å². The van der Waals surface area contributed by atoms with Crippen molar-refractivity contribution in [3.8, 4) is 17.0 Å². The number of nitrogens with zero attached hydrogens (tertiary/aromatic N) is 4. The van der Waals surface area contributed by atoms with Crippen LogP contribution < -0.4 is 9.46 Å². The van der Waals surface area contributed by atoms with Gasteiger partial charge in [-0.2, -0.15) is 18.3 Å². The molecule has 1 N–H and O–H groups in total. The molecule has 11 nitrogen and oxygen atoms in total. The van der Waals surface area contributed by atoms with E-state index < -0.39 is 33.9 Å². The maximum Gasteiger partial charge on any atom is 0.408 e. The molecular weight excluding hydrogens is 748 g/mol. The summed E-state index contributed by atoms with van der Waals surface area (Å²) in [7, 11) is -2.39. The van der Waals surface area contributed by atoms with Gasteiger partial charge in [0, 0.05) is 22.0 Å². The second-order valence-electron chi connectivity index (χ2n) is 15.7. The number of alkyl halides is 3. The number of aromatic nitrogens is 3. The van der Waals surface area contributed by atoms with Crippen molar-refractivity contribution >= 4 is 44.4 Å². The quantitative estimate of drug-likeness (QED) is 0.196. The van der Waals surface area contributed by atoms with Gasteiger partial charge in [0.15, 0.2) is 0 Å². The maximum absolute atomic E-state index is 14.6. The molecule has 4 aliphatic rings. The van der Waals surface area contributed by atoms with Crippen molar-refractivity contribution in [3.63, 3.8) is 0 Å². The third-order valence-electron chi connectivity index (χ3n) is 11.8. The largest absolute Gasteiger partial charge is 0.497 e. The van der Waals surface area contributed by atoms with Crippen LogP contribution in [0.15, 0.2) is 42.6 Å². The van der Waals surface area contributed by atoms with E-state index in [1.807, 2.05) is 34.9 Å². The summed E-state index contributed by atoms with van der Waals surface area (Å²) in [5.41, 5.74) is 4.77. The Bertz CT molecular complexity index is 2320. The van der Waals surface area contributed by atoms with Gasteiger partial charge in [0.25, 0.3) is 11.8 Å². The first kappa shape index (κ1) is 38.3. The zero-order valence-electron chi connectivity index (χ0n) is 31.7. The topological polar surface area (TPSA) is 125 Å². The molecule has 15 heteroatoms. The molecule has 3 aliphatic heterocycles. The molecule has 4 aromatic rings. The molecule has 56 heavy (non-hydrogen) atoms. The first-order valence-electron chi connectivity index (χ1n) is 19.4. The molecule has 2 unspecified atom stereocenters. The Morgan fingerprint density at radius 3 is 2.39 bits per heavy atom. The normalized spacial score (nSPS) is 20.3. The van der Waals surface area contributed by atoms with E-state index in [0.29, 0.717) is 35.6 Å². The molecule has 2 bridgehead atoms. The molecular formula is C41H46F3N5O6S. The Labute approximate surface area is 323 Å². The summed E-state index contributed by atoms with van der Waals surface area (Å²) in [6, 6.07) is 10.4. The van der Waals surface area contributed by atoms with Gasteiger partial charge in [-0.1, -0.05) is 25.3 Å². The van der Waals surface area contributed by atoms with Gasteiger partial charge < -0.3 is 18.9 Å². The number of carbonyl (C=O) groups is 2. The van der Waals surface area contributed by atoms with E-state index in [1.54, 1.807) is 24.1 Å². The minimum atomic E-state index is -4.64. The van der Waals surface area contributed by atoms with Crippen molar-refractivity contribution in [1.82, 2.24) is 24.0 Å². The summed E-state index contributed by atoms with van der Waals surface area (Å²) in [4.78, 5) is 29.9. The molecule has 1 saturated carbocycles. The second-order valence-corrected chi connectivity index (χ2v) is 18.0. The van der Waals surface area contributed by atoms with Crippen LogP contribution in [0.5, 0.6) is 5.75 Å². The molecule has 5 heterocycles. The lowest BCUT2D eigenvalue weighted by Crippen LogP contribution is -2.57. The van der Waals surface area contributed by atoms with Crippen LogP contribution in [-0.4, -0.2) is 83.3 Å². The molecule has 2 aromatic carbocycles. The minimum absolute atomic E-state index is 0.0325. The van der Waals surface area contributed by atoms with E-state index in [1.165, 1.54) is 20.0 Å². The van der Waals surface area contributed by atoms with Crippen LogP contribution in [0.1, 0.15) is 109 Å². The molecule has 3 fully saturated rings. The van der Waals surface area contributed by atoms with E-state index in [-0.39, 0.29) is 47.3 Å². The number of amides is 2. The molecule has 0 radical (unpaired) electrons. The minimum Gasteiger partial charge on any atom is -0.497 e. The van der Waals surface area contributed by atoms with Crippen molar-refractivity contribution in [2.75, 3.05) is 20.3 Å². The van der Waals surface area contributed by atoms with Crippen molar-refractivity contribution in [2.45, 2.75) is 108 Å². The summed E-state index contributed by atoms with van der Waals surface area (Å²) >= 11 is 0. The van der Waals surface area contributed by atoms with E-state index in [4.69, 9.17) is 9.47 Å². The second kappa shape index (κ2) is 14.7. The van der Waals surface area contributed by atoms with Crippen LogP contribution in [-0.2, 0) is 27.8 Å². The monoisotopic (exact) mass is 793 g/mol. The molecule has 2 aromatic heterocycles. The molecule has 2 amide bonds. The number of benzene rings is 2. The van der Waals surface area contributed by atoms with E-state index in [9.17, 15) is 31.2 Å². The highest BCUT2D eigenvalue weighted by atomic mass is 32.2. The summed E-state index contributed by atoms with van der Waals surface area (Å²) in [6.07, 6.45) is 5.91. The number of ether oxygens (including phenoxy) is 2. The molecule has 1 aliphatic carbocycles. The number of sulfonamides is 1. The third-order valence-corrected chi connectivity index (χ3v) is 13.5. The molecule has 8 rings (SSSR count). The zero-order chi connectivity index (χ0) is 39.5. The van der Waals surface area contributed by atoms with Crippen LogP contribution in [0, 0.1) is 0 Å². The smallest absolute Gasteiger partial charge is 0.408 e. The lowest BCUT2D eigenvalue weighted by atomic mass is 9.81. The van der Waals surface area contributed by atoms with Gasteiger partial charge in [0.2, 0.25) is 10.0 Å².